The van der Waals surface area contributed by atoms with Crippen LogP contribution in [0.25, 0.3) is 0 Å². The first-order valence-corrected chi connectivity index (χ1v) is 4.73. The molecule has 80 valence electrons. The van der Waals surface area contributed by atoms with Crippen molar-refractivity contribution in [1.29, 1.82) is 0 Å². The Labute approximate surface area is 83.3 Å². The highest BCUT2D eigenvalue weighted by molar-refractivity contribution is 5.80. The second-order valence-corrected chi connectivity index (χ2v) is 3.66. The first-order chi connectivity index (χ1) is 6.54. The van der Waals surface area contributed by atoms with E-state index < -0.39 is 11.9 Å². The Hall–Kier alpha value is -1.10. The lowest BCUT2D eigenvalue weighted by Gasteiger charge is -2.19. The van der Waals surface area contributed by atoms with Crippen molar-refractivity contribution >= 4 is 11.9 Å². The summed E-state index contributed by atoms with van der Waals surface area (Å²) in [5.74, 6) is -1.28. The predicted octanol–water partition coefficient (Wildman–Crippen LogP) is -0.519. The molecule has 0 aromatic carbocycles. The number of hydrogen-bond acceptors (Lipinski definition) is 3. The zero-order chi connectivity index (χ0) is 10.7. The Kier molecular flexibility index (Phi) is 3.46. The number of carboxylic acid groups (broad SMARTS) is 1. The Morgan fingerprint density at radius 3 is 2.71 bits per heavy atom. The molecule has 1 N–H and O–H groups in total. The molecule has 0 aromatic rings. The molecule has 0 radical (unpaired) electrons. The average Bonchev–Trinajstić information content (AvgIpc) is 2.23. The molecular formula is C9H16N2O3. The molecule has 0 bridgehead atoms. The number of likely N-dealkylation sites (N-methyl/N-ethyl adjacent to an activating group) is 2. The van der Waals surface area contributed by atoms with Gasteiger partial charge >= 0.3 is 5.97 Å². The summed E-state index contributed by atoms with van der Waals surface area (Å²) < 4.78 is 0. The van der Waals surface area contributed by atoms with Crippen LogP contribution < -0.4 is 0 Å². The number of carbonyl (C=O) groups is 2. The van der Waals surface area contributed by atoms with Crippen LogP contribution in [-0.2, 0) is 9.59 Å². The van der Waals surface area contributed by atoms with Crippen LogP contribution in [0.1, 0.15) is 6.92 Å². The summed E-state index contributed by atoms with van der Waals surface area (Å²) in [5.41, 5.74) is 0. The van der Waals surface area contributed by atoms with Crippen LogP contribution in [0.2, 0.25) is 0 Å². The normalized spacial score (nSPS) is 24.9. The van der Waals surface area contributed by atoms with E-state index in [-0.39, 0.29) is 5.91 Å². The van der Waals surface area contributed by atoms with Crippen molar-refractivity contribution in [3.05, 3.63) is 0 Å². The molecular weight excluding hydrogens is 184 g/mol. The molecule has 0 saturated carbocycles. The highest BCUT2D eigenvalue weighted by atomic mass is 16.4. The summed E-state index contributed by atoms with van der Waals surface area (Å²) in [4.78, 5) is 25.7. The van der Waals surface area contributed by atoms with Gasteiger partial charge in [-0.05, 0) is 14.0 Å². The molecule has 14 heavy (non-hydrogen) atoms. The highest BCUT2D eigenvalue weighted by Gasteiger charge is 2.29. The van der Waals surface area contributed by atoms with Crippen LogP contribution in [-0.4, -0.2) is 60.0 Å². The van der Waals surface area contributed by atoms with Gasteiger partial charge in [-0.25, -0.2) is 0 Å². The standard InChI is InChI=1S/C9H16N2O3/c1-3-11-5-7(9(13)14)4-10(2)6-8(11)12/h7H,3-6H2,1-2H3,(H,13,14). The zero-order valence-electron chi connectivity index (χ0n) is 8.56. The van der Waals surface area contributed by atoms with Crippen molar-refractivity contribution in [2.75, 3.05) is 33.2 Å². The van der Waals surface area contributed by atoms with Crippen LogP contribution in [0.3, 0.4) is 0 Å². The van der Waals surface area contributed by atoms with Gasteiger partial charge in [-0.3, -0.25) is 14.5 Å². The van der Waals surface area contributed by atoms with Gasteiger partial charge in [0.15, 0.2) is 0 Å². The van der Waals surface area contributed by atoms with Gasteiger partial charge in [0.2, 0.25) is 5.91 Å². The van der Waals surface area contributed by atoms with Crippen LogP contribution in [0.4, 0.5) is 0 Å². The molecule has 0 aliphatic carbocycles. The highest BCUT2D eigenvalue weighted by Crippen LogP contribution is 2.09. The summed E-state index contributed by atoms with van der Waals surface area (Å²) in [6, 6.07) is 0. The summed E-state index contributed by atoms with van der Waals surface area (Å²) in [5, 5.41) is 8.92. The van der Waals surface area contributed by atoms with E-state index in [1.54, 1.807) is 16.8 Å². The number of nitrogens with zero attached hydrogens (tertiary/aromatic N) is 2. The lowest BCUT2D eigenvalue weighted by atomic mass is 10.1. The number of amides is 1. The predicted molar refractivity (Wildman–Crippen MR) is 50.9 cm³/mol. The monoisotopic (exact) mass is 200 g/mol. The fourth-order valence-electron chi connectivity index (χ4n) is 1.66. The molecule has 0 spiro atoms. The minimum absolute atomic E-state index is 0.0127. The van der Waals surface area contributed by atoms with Gasteiger partial charge in [0.05, 0.1) is 12.5 Å². The van der Waals surface area contributed by atoms with Crippen LogP contribution in [0.5, 0.6) is 0 Å². The van der Waals surface area contributed by atoms with Gasteiger partial charge in [-0.15, -0.1) is 0 Å². The lowest BCUT2D eigenvalue weighted by Crippen LogP contribution is -2.36. The molecule has 1 aliphatic heterocycles. The largest absolute Gasteiger partial charge is 0.481 e. The molecule has 1 unspecified atom stereocenters. The molecule has 1 heterocycles. The van der Waals surface area contributed by atoms with Crippen LogP contribution in [0, 0.1) is 5.92 Å². The Morgan fingerprint density at radius 1 is 1.57 bits per heavy atom. The number of hydrogen-bond donors (Lipinski definition) is 1. The number of carboxylic acids is 1. The van der Waals surface area contributed by atoms with Gasteiger partial charge in [0.25, 0.3) is 0 Å². The maximum absolute atomic E-state index is 11.5. The number of carbonyl (C=O) groups excluding carboxylic acids is 1. The maximum Gasteiger partial charge on any atom is 0.309 e. The van der Waals surface area contributed by atoms with Crippen LogP contribution >= 0.6 is 0 Å². The maximum atomic E-state index is 11.5. The lowest BCUT2D eigenvalue weighted by molar-refractivity contribution is -0.142. The zero-order valence-corrected chi connectivity index (χ0v) is 8.56. The number of aliphatic carboxylic acids is 1. The van der Waals surface area contributed by atoms with Gasteiger partial charge in [0, 0.05) is 19.6 Å². The van der Waals surface area contributed by atoms with E-state index in [9.17, 15) is 9.59 Å². The summed E-state index contributed by atoms with van der Waals surface area (Å²) in [7, 11) is 1.77. The smallest absolute Gasteiger partial charge is 0.309 e. The summed E-state index contributed by atoms with van der Waals surface area (Å²) in [6.45, 7) is 3.53. The minimum Gasteiger partial charge on any atom is -0.481 e. The topological polar surface area (TPSA) is 60.9 Å². The summed E-state index contributed by atoms with van der Waals surface area (Å²) >= 11 is 0. The molecule has 1 atom stereocenters. The quantitative estimate of drug-likeness (QED) is 0.651. The van der Waals surface area contributed by atoms with E-state index in [0.29, 0.717) is 26.2 Å². The van der Waals surface area contributed by atoms with Crippen molar-refractivity contribution in [1.82, 2.24) is 9.80 Å². The van der Waals surface area contributed by atoms with E-state index in [1.165, 1.54) is 0 Å². The van der Waals surface area contributed by atoms with Crippen LogP contribution in [0.15, 0.2) is 0 Å². The molecule has 1 amide bonds. The van der Waals surface area contributed by atoms with Crippen molar-refractivity contribution in [2.24, 2.45) is 5.92 Å². The fraction of sp³-hybridized carbons (Fsp3) is 0.778. The molecule has 1 aliphatic rings. The molecule has 5 heteroatoms. The SMILES string of the molecule is CCN1CC(C(=O)O)CN(C)CC1=O. The van der Waals surface area contributed by atoms with Crippen molar-refractivity contribution < 1.29 is 14.7 Å². The first kappa shape index (κ1) is 11.0. The van der Waals surface area contributed by atoms with Gasteiger partial charge in [-0.2, -0.15) is 0 Å². The van der Waals surface area contributed by atoms with E-state index in [1.807, 2.05) is 6.92 Å². The van der Waals surface area contributed by atoms with Gasteiger partial charge in [-0.1, -0.05) is 0 Å². The third-order valence-electron chi connectivity index (χ3n) is 2.46. The fourth-order valence-corrected chi connectivity index (χ4v) is 1.66. The Morgan fingerprint density at radius 2 is 2.21 bits per heavy atom. The molecule has 0 aromatic heterocycles. The van der Waals surface area contributed by atoms with Gasteiger partial charge in [0.1, 0.15) is 0 Å². The van der Waals surface area contributed by atoms with E-state index in [0.717, 1.165) is 0 Å². The van der Waals surface area contributed by atoms with Crippen molar-refractivity contribution in [3.63, 3.8) is 0 Å². The van der Waals surface area contributed by atoms with E-state index >= 15 is 0 Å². The third kappa shape index (κ3) is 2.45. The van der Waals surface area contributed by atoms with Crippen molar-refractivity contribution in [3.8, 4) is 0 Å². The first-order valence-electron chi connectivity index (χ1n) is 4.73. The third-order valence-corrected chi connectivity index (χ3v) is 2.46. The van der Waals surface area contributed by atoms with E-state index in [4.69, 9.17) is 5.11 Å². The average molecular weight is 200 g/mol. The van der Waals surface area contributed by atoms with Gasteiger partial charge < -0.3 is 10.0 Å². The van der Waals surface area contributed by atoms with E-state index in [2.05, 4.69) is 0 Å². The molecule has 1 saturated heterocycles. The molecule has 1 fully saturated rings. The Balaban J connectivity index is 2.74. The molecule has 5 nitrogen and oxygen atoms in total. The number of rotatable bonds is 2. The second kappa shape index (κ2) is 4.41. The second-order valence-electron chi connectivity index (χ2n) is 3.66. The Bertz CT molecular complexity index is 242. The van der Waals surface area contributed by atoms with Crippen molar-refractivity contribution in [2.45, 2.75) is 6.92 Å². The molecule has 1 rings (SSSR count). The summed E-state index contributed by atoms with van der Waals surface area (Å²) in [6.07, 6.45) is 0. The minimum atomic E-state index is -0.829.